The second-order valence-electron chi connectivity index (χ2n) is 3.36. The van der Waals surface area contributed by atoms with Gasteiger partial charge >= 0.3 is 5.97 Å². The Morgan fingerprint density at radius 3 is 2.53 bits per heavy atom. The van der Waals surface area contributed by atoms with Crippen molar-refractivity contribution < 1.29 is 18.6 Å². The summed E-state index contributed by atoms with van der Waals surface area (Å²) in [4.78, 5) is 11.2. The maximum Gasteiger partial charge on any atom is 0.337 e. The first-order chi connectivity index (χ1) is 6.92. The average molecular weight is 228 g/mol. The molecule has 0 spiro atoms. The number of hydrogen-bond acceptors (Lipinski definition) is 4. The van der Waals surface area contributed by atoms with E-state index in [1.54, 1.807) is 18.2 Å². The second kappa shape index (κ2) is 4.49. The minimum Gasteiger partial charge on any atom is -0.465 e. The van der Waals surface area contributed by atoms with Gasteiger partial charge in [0.15, 0.2) is 0 Å². The summed E-state index contributed by atoms with van der Waals surface area (Å²) < 4.78 is 21.1. The first-order valence-corrected chi connectivity index (χ1v) is 6.87. The Labute approximate surface area is 88.7 Å². The van der Waals surface area contributed by atoms with Crippen molar-refractivity contribution in [2.24, 2.45) is 0 Å². The molecule has 5 heteroatoms. The lowest BCUT2D eigenvalue weighted by Crippen LogP contribution is -2.01. The van der Waals surface area contributed by atoms with Crippen LogP contribution in [0, 0.1) is 0 Å². The average Bonchev–Trinajstić information content (AvgIpc) is 2.14. The molecule has 0 aliphatic heterocycles. The Kier molecular flexibility index (Phi) is 3.53. The first-order valence-electron chi connectivity index (χ1n) is 4.35. The van der Waals surface area contributed by atoms with Gasteiger partial charge in [-0.2, -0.15) is 0 Å². The molecule has 0 saturated heterocycles. The SMILES string of the molecule is COC(=O)c1cccc(OP(C)(C)=O)c1. The molecule has 0 aliphatic rings. The summed E-state index contributed by atoms with van der Waals surface area (Å²) in [6, 6.07) is 6.41. The highest BCUT2D eigenvalue weighted by Crippen LogP contribution is 2.38. The predicted octanol–water partition coefficient (Wildman–Crippen LogP) is 2.39. The van der Waals surface area contributed by atoms with Crippen molar-refractivity contribution in [3.63, 3.8) is 0 Å². The molecule has 1 aromatic rings. The number of carbonyl (C=O) groups excluding carboxylic acids is 1. The lowest BCUT2D eigenvalue weighted by molar-refractivity contribution is 0.0600. The summed E-state index contributed by atoms with van der Waals surface area (Å²) >= 11 is 0. The third-order valence-corrected chi connectivity index (χ3v) is 2.23. The van der Waals surface area contributed by atoms with Gasteiger partial charge in [0.1, 0.15) is 5.75 Å². The van der Waals surface area contributed by atoms with Crippen molar-refractivity contribution in [3.05, 3.63) is 29.8 Å². The van der Waals surface area contributed by atoms with E-state index in [4.69, 9.17) is 4.52 Å². The lowest BCUT2D eigenvalue weighted by atomic mass is 10.2. The van der Waals surface area contributed by atoms with Gasteiger partial charge in [0.2, 0.25) is 7.37 Å². The number of carbonyl (C=O) groups is 1. The summed E-state index contributed by atoms with van der Waals surface area (Å²) in [5.41, 5.74) is 0.378. The molecule has 0 aliphatic carbocycles. The third kappa shape index (κ3) is 3.76. The molecule has 0 saturated carbocycles. The smallest absolute Gasteiger partial charge is 0.337 e. The zero-order valence-electron chi connectivity index (χ0n) is 8.89. The lowest BCUT2D eigenvalue weighted by Gasteiger charge is -2.10. The van der Waals surface area contributed by atoms with Crippen molar-refractivity contribution in [2.75, 3.05) is 20.4 Å². The maximum absolute atomic E-state index is 11.4. The Balaban J connectivity index is 2.93. The molecular weight excluding hydrogens is 215 g/mol. The van der Waals surface area contributed by atoms with Crippen LogP contribution < -0.4 is 4.52 Å². The zero-order valence-corrected chi connectivity index (χ0v) is 9.78. The molecule has 0 bridgehead atoms. The van der Waals surface area contributed by atoms with Gasteiger partial charge in [0, 0.05) is 13.3 Å². The molecule has 4 nitrogen and oxygen atoms in total. The molecule has 0 atom stereocenters. The zero-order chi connectivity index (χ0) is 11.5. The van der Waals surface area contributed by atoms with Gasteiger partial charge in [-0.25, -0.2) is 4.79 Å². The molecule has 0 fully saturated rings. The highest BCUT2D eigenvalue weighted by atomic mass is 31.2. The number of ether oxygens (including phenoxy) is 1. The van der Waals surface area contributed by atoms with E-state index in [-0.39, 0.29) is 0 Å². The van der Waals surface area contributed by atoms with E-state index in [0.717, 1.165) is 0 Å². The molecule has 0 N–H and O–H groups in total. The van der Waals surface area contributed by atoms with Crippen LogP contribution in [0.15, 0.2) is 24.3 Å². The third-order valence-electron chi connectivity index (χ3n) is 1.58. The van der Waals surface area contributed by atoms with Crippen LogP contribution in [0.3, 0.4) is 0 Å². The summed E-state index contributed by atoms with van der Waals surface area (Å²) in [6.07, 6.45) is 0. The molecule has 0 unspecified atom stereocenters. The Morgan fingerprint density at radius 2 is 2.00 bits per heavy atom. The summed E-state index contributed by atoms with van der Waals surface area (Å²) in [5, 5.41) is 0. The van der Waals surface area contributed by atoms with Crippen LogP contribution in [0.5, 0.6) is 5.75 Å². The van der Waals surface area contributed by atoms with E-state index in [1.807, 2.05) is 0 Å². The summed E-state index contributed by atoms with van der Waals surface area (Å²) in [5.74, 6) is -0.0336. The van der Waals surface area contributed by atoms with Crippen LogP contribution in [-0.2, 0) is 9.30 Å². The molecule has 15 heavy (non-hydrogen) atoms. The van der Waals surface area contributed by atoms with Crippen molar-refractivity contribution in [1.82, 2.24) is 0 Å². The van der Waals surface area contributed by atoms with Crippen molar-refractivity contribution in [1.29, 1.82) is 0 Å². The minimum atomic E-state index is -2.60. The van der Waals surface area contributed by atoms with E-state index in [1.165, 1.54) is 26.5 Å². The van der Waals surface area contributed by atoms with Crippen LogP contribution in [0.1, 0.15) is 10.4 Å². The Morgan fingerprint density at radius 1 is 1.33 bits per heavy atom. The fourth-order valence-electron chi connectivity index (χ4n) is 1.05. The quantitative estimate of drug-likeness (QED) is 0.588. The molecule has 0 heterocycles. The Hall–Kier alpha value is -1.28. The normalized spacial score (nSPS) is 10.9. The molecule has 0 amide bonds. The van der Waals surface area contributed by atoms with Crippen LogP contribution in [0.2, 0.25) is 0 Å². The van der Waals surface area contributed by atoms with Gasteiger partial charge in [0.25, 0.3) is 0 Å². The van der Waals surface area contributed by atoms with Gasteiger partial charge in [-0.3, -0.25) is 4.57 Å². The van der Waals surface area contributed by atoms with Gasteiger partial charge in [-0.15, -0.1) is 0 Å². The van der Waals surface area contributed by atoms with E-state index in [0.29, 0.717) is 11.3 Å². The fraction of sp³-hybridized carbons (Fsp3) is 0.300. The van der Waals surface area contributed by atoms with Crippen molar-refractivity contribution in [3.8, 4) is 5.75 Å². The molecule has 82 valence electrons. The molecule has 1 rings (SSSR count). The summed E-state index contributed by atoms with van der Waals surface area (Å²) in [6.45, 7) is 3.02. The second-order valence-corrected chi connectivity index (χ2v) is 6.05. The van der Waals surface area contributed by atoms with Crippen LogP contribution in [0.25, 0.3) is 0 Å². The van der Waals surface area contributed by atoms with Gasteiger partial charge < -0.3 is 9.26 Å². The maximum atomic E-state index is 11.4. The van der Waals surface area contributed by atoms with Gasteiger partial charge in [0.05, 0.1) is 12.7 Å². The summed E-state index contributed by atoms with van der Waals surface area (Å²) in [7, 11) is -1.29. The molecule has 0 radical (unpaired) electrons. The number of esters is 1. The van der Waals surface area contributed by atoms with Gasteiger partial charge in [-0.1, -0.05) is 6.07 Å². The van der Waals surface area contributed by atoms with Crippen LogP contribution >= 0.6 is 7.37 Å². The monoisotopic (exact) mass is 228 g/mol. The predicted molar refractivity (Wildman–Crippen MR) is 57.9 cm³/mol. The Bertz CT molecular complexity index is 408. The van der Waals surface area contributed by atoms with Gasteiger partial charge in [-0.05, 0) is 18.2 Å². The first kappa shape index (κ1) is 11.8. The minimum absolute atomic E-state index is 0.378. The van der Waals surface area contributed by atoms with Crippen molar-refractivity contribution >= 4 is 13.3 Å². The highest BCUT2D eigenvalue weighted by molar-refractivity contribution is 7.57. The van der Waals surface area contributed by atoms with E-state index in [9.17, 15) is 9.36 Å². The number of hydrogen-bond donors (Lipinski definition) is 0. The number of benzene rings is 1. The number of rotatable bonds is 3. The largest absolute Gasteiger partial charge is 0.465 e. The number of methoxy groups -OCH3 is 1. The van der Waals surface area contributed by atoms with E-state index < -0.39 is 13.3 Å². The standard InChI is InChI=1S/C10H13O4P/c1-13-10(11)8-5-4-6-9(7-8)14-15(2,3)12/h4-7H,1-3H3. The molecular formula is C10H13O4P. The van der Waals surface area contributed by atoms with E-state index in [2.05, 4.69) is 4.74 Å². The topological polar surface area (TPSA) is 52.6 Å². The van der Waals surface area contributed by atoms with Crippen LogP contribution in [0.4, 0.5) is 0 Å². The molecule has 0 aromatic heterocycles. The fourth-order valence-corrected chi connectivity index (χ4v) is 1.67. The van der Waals surface area contributed by atoms with Crippen molar-refractivity contribution in [2.45, 2.75) is 0 Å². The van der Waals surface area contributed by atoms with E-state index >= 15 is 0 Å². The molecule has 1 aromatic carbocycles. The highest BCUT2D eigenvalue weighted by Gasteiger charge is 2.11. The van der Waals surface area contributed by atoms with Crippen LogP contribution in [-0.4, -0.2) is 26.4 Å².